The van der Waals surface area contributed by atoms with Gasteiger partial charge in [0.15, 0.2) is 0 Å². The van der Waals surface area contributed by atoms with E-state index in [1.54, 1.807) is 0 Å². The minimum atomic E-state index is 0.554. The lowest BCUT2D eigenvalue weighted by Gasteiger charge is -2.35. The summed E-state index contributed by atoms with van der Waals surface area (Å²) < 4.78 is 1.99. The number of benzene rings is 1. The predicted octanol–water partition coefficient (Wildman–Crippen LogP) is 1.76. The summed E-state index contributed by atoms with van der Waals surface area (Å²) in [6, 6.07) is 9.58. The Morgan fingerprint density at radius 3 is 2.63 bits per heavy atom. The van der Waals surface area contributed by atoms with Crippen molar-refractivity contribution >= 4 is 10.9 Å². The van der Waals surface area contributed by atoms with Gasteiger partial charge in [0.05, 0.1) is 11.2 Å². The summed E-state index contributed by atoms with van der Waals surface area (Å²) >= 11 is 0. The van der Waals surface area contributed by atoms with E-state index in [0.717, 1.165) is 19.6 Å². The Kier molecular flexibility index (Phi) is 3.29. The molecule has 19 heavy (non-hydrogen) atoms. The second-order valence-corrected chi connectivity index (χ2v) is 5.75. The maximum Gasteiger partial charge on any atom is 0.0843 e. The summed E-state index contributed by atoms with van der Waals surface area (Å²) in [7, 11) is 2.02. The molecule has 1 saturated heterocycles. The molecule has 0 amide bonds. The first-order valence-corrected chi connectivity index (χ1v) is 7.02. The Bertz CT molecular complexity index is 565. The van der Waals surface area contributed by atoms with Crippen LogP contribution in [0, 0.1) is 0 Å². The van der Waals surface area contributed by atoms with Crippen LogP contribution in [-0.4, -0.2) is 39.9 Å². The zero-order valence-corrected chi connectivity index (χ0v) is 11.9. The Morgan fingerprint density at radius 1 is 1.21 bits per heavy atom. The molecule has 102 valence electrons. The number of para-hydroxylation sites is 1. The topological polar surface area (TPSA) is 33.1 Å². The highest BCUT2D eigenvalue weighted by molar-refractivity contribution is 5.81. The molecule has 2 aromatic rings. The number of nitrogens with zero attached hydrogens (tertiary/aromatic N) is 3. The van der Waals surface area contributed by atoms with E-state index in [1.807, 2.05) is 11.7 Å². The lowest BCUT2D eigenvalue weighted by molar-refractivity contribution is 0.165. The molecule has 2 atom stereocenters. The maximum atomic E-state index is 4.69. The van der Waals surface area contributed by atoms with Gasteiger partial charge in [-0.25, -0.2) is 0 Å². The first-order valence-electron chi connectivity index (χ1n) is 7.02. The molecule has 1 aromatic carbocycles. The molecule has 4 heteroatoms. The summed E-state index contributed by atoms with van der Waals surface area (Å²) in [6.07, 6.45) is 0. The number of hydrogen-bond acceptors (Lipinski definition) is 3. The normalized spacial score (nSPS) is 25.0. The van der Waals surface area contributed by atoms with Crippen LogP contribution in [0.2, 0.25) is 0 Å². The average Bonchev–Trinajstić information content (AvgIpc) is 2.66. The van der Waals surface area contributed by atoms with Crippen LogP contribution in [0.5, 0.6) is 0 Å². The predicted molar refractivity (Wildman–Crippen MR) is 78.1 cm³/mol. The third-order valence-electron chi connectivity index (χ3n) is 3.84. The molecule has 1 N–H and O–H groups in total. The van der Waals surface area contributed by atoms with Crippen molar-refractivity contribution in [3.8, 4) is 0 Å². The molecule has 1 fully saturated rings. The van der Waals surface area contributed by atoms with E-state index in [1.165, 1.54) is 16.6 Å². The Balaban J connectivity index is 1.85. The number of hydrogen-bond donors (Lipinski definition) is 1. The summed E-state index contributed by atoms with van der Waals surface area (Å²) in [6.45, 7) is 7.63. The van der Waals surface area contributed by atoms with Gasteiger partial charge < -0.3 is 5.32 Å². The summed E-state index contributed by atoms with van der Waals surface area (Å²) in [5.74, 6) is 0. The van der Waals surface area contributed by atoms with Crippen molar-refractivity contribution in [2.24, 2.45) is 7.05 Å². The van der Waals surface area contributed by atoms with Gasteiger partial charge in [-0.05, 0) is 19.9 Å². The first-order chi connectivity index (χ1) is 9.13. The second-order valence-electron chi connectivity index (χ2n) is 5.75. The van der Waals surface area contributed by atoms with Gasteiger partial charge in [-0.15, -0.1) is 0 Å². The van der Waals surface area contributed by atoms with Gasteiger partial charge >= 0.3 is 0 Å². The standard InChI is InChI=1S/C15H22N4/c1-11-8-19(9-12(2)16-11)10-14-13-6-4-5-7-15(13)18(3)17-14/h4-7,11-12,16H,8-10H2,1-3H3. The van der Waals surface area contributed by atoms with Crippen LogP contribution in [0.4, 0.5) is 0 Å². The summed E-state index contributed by atoms with van der Waals surface area (Å²) in [5.41, 5.74) is 2.41. The van der Waals surface area contributed by atoms with Crippen molar-refractivity contribution in [2.75, 3.05) is 13.1 Å². The van der Waals surface area contributed by atoms with Crippen LogP contribution in [0.25, 0.3) is 10.9 Å². The summed E-state index contributed by atoms with van der Waals surface area (Å²) in [4.78, 5) is 2.50. The molecule has 0 bridgehead atoms. The highest BCUT2D eigenvalue weighted by Crippen LogP contribution is 2.19. The fraction of sp³-hybridized carbons (Fsp3) is 0.533. The summed E-state index contributed by atoms with van der Waals surface area (Å²) in [5, 5.41) is 9.54. The molecule has 2 unspecified atom stereocenters. The molecule has 1 aliphatic heterocycles. The second kappa shape index (κ2) is 4.94. The lowest BCUT2D eigenvalue weighted by Crippen LogP contribution is -2.53. The average molecular weight is 258 g/mol. The van der Waals surface area contributed by atoms with Gasteiger partial charge in [-0.1, -0.05) is 18.2 Å². The maximum absolute atomic E-state index is 4.69. The van der Waals surface area contributed by atoms with Crippen LogP contribution < -0.4 is 5.32 Å². The molecule has 0 radical (unpaired) electrons. The van der Waals surface area contributed by atoms with Gasteiger partial charge in [-0.3, -0.25) is 9.58 Å². The molecule has 2 heterocycles. The smallest absolute Gasteiger partial charge is 0.0843 e. The third-order valence-corrected chi connectivity index (χ3v) is 3.84. The molecule has 0 aliphatic carbocycles. The molecule has 3 rings (SSSR count). The Hall–Kier alpha value is -1.39. The number of aromatic nitrogens is 2. The van der Waals surface area contributed by atoms with Crippen LogP contribution in [-0.2, 0) is 13.6 Å². The van der Waals surface area contributed by atoms with E-state index < -0.39 is 0 Å². The van der Waals surface area contributed by atoms with Crippen LogP contribution in [0.3, 0.4) is 0 Å². The van der Waals surface area contributed by atoms with Gasteiger partial charge in [0.25, 0.3) is 0 Å². The van der Waals surface area contributed by atoms with Gasteiger partial charge in [0.2, 0.25) is 0 Å². The lowest BCUT2D eigenvalue weighted by atomic mass is 10.1. The number of piperazine rings is 1. The van der Waals surface area contributed by atoms with E-state index >= 15 is 0 Å². The minimum absolute atomic E-state index is 0.554. The van der Waals surface area contributed by atoms with Crippen LogP contribution in [0.1, 0.15) is 19.5 Å². The molecule has 0 saturated carbocycles. The van der Waals surface area contributed by atoms with Gasteiger partial charge in [0, 0.05) is 44.2 Å². The highest BCUT2D eigenvalue weighted by Gasteiger charge is 2.22. The highest BCUT2D eigenvalue weighted by atomic mass is 15.3. The van der Waals surface area contributed by atoms with Crippen molar-refractivity contribution in [1.82, 2.24) is 20.0 Å². The van der Waals surface area contributed by atoms with Crippen molar-refractivity contribution in [2.45, 2.75) is 32.5 Å². The zero-order valence-electron chi connectivity index (χ0n) is 11.9. The number of nitrogens with one attached hydrogen (secondary N) is 1. The zero-order chi connectivity index (χ0) is 13.4. The fourth-order valence-corrected chi connectivity index (χ4v) is 3.19. The van der Waals surface area contributed by atoms with Crippen molar-refractivity contribution in [3.63, 3.8) is 0 Å². The van der Waals surface area contributed by atoms with Crippen molar-refractivity contribution in [3.05, 3.63) is 30.0 Å². The van der Waals surface area contributed by atoms with E-state index in [2.05, 4.69) is 53.4 Å². The third kappa shape index (κ3) is 2.51. The number of rotatable bonds is 2. The SMILES string of the molecule is CC1CN(Cc2nn(C)c3ccccc23)CC(C)N1. The minimum Gasteiger partial charge on any atom is -0.309 e. The Morgan fingerprint density at radius 2 is 1.89 bits per heavy atom. The van der Waals surface area contributed by atoms with E-state index in [4.69, 9.17) is 0 Å². The molecule has 1 aliphatic rings. The number of aryl methyl sites for hydroxylation is 1. The fourth-order valence-electron chi connectivity index (χ4n) is 3.19. The number of fused-ring (bicyclic) bond motifs is 1. The van der Waals surface area contributed by atoms with E-state index in [9.17, 15) is 0 Å². The quantitative estimate of drug-likeness (QED) is 0.891. The van der Waals surface area contributed by atoms with Gasteiger partial charge in [0.1, 0.15) is 0 Å². The molecule has 1 aromatic heterocycles. The van der Waals surface area contributed by atoms with Gasteiger partial charge in [-0.2, -0.15) is 5.10 Å². The van der Waals surface area contributed by atoms with E-state index in [-0.39, 0.29) is 0 Å². The van der Waals surface area contributed by atoms with Crippen LogP contribution >= 0.6 is 0 Å². The molecular formula is C15H22N4. The van der Waals surface area contributed by atoms with Crippen LogP contribution in [0.15, 0.2) is 24.3 Å². The Labute approximate surface area is 114 Å². The largest absolute Gasteiger partial charge is 0.309 e. The van der Waals surface area contributed by atoms with Crippen molar-refractivity contribution < 1.29 is 0 Å². The first kappa shape index (κ1) is 12.6. The monoisotopic (exact) mass is 258 g/mol. The van der Waals surface area contributed by atoms with E-state index in [0.29, 0.717) is 12.1 Å². The molecule has 4 nitrogen and oxygen atoms in total. The molecule has 0 spiro atoms. The van der Waals surface area contributed by atoms with Crippen molar-refractivity contribution in [1.29, 1.82) is 0 Å². The molecular weight excluding hydrogens is 236 g/mol.